The molecule has 0 saturated heterocycles. The smallest absolute Gasteiger partial charge is 0.321 e. The summed E-state index contributed by atoms with van der Waals surface area (Å²) < 4.78 is 18.6. The van der Waals surface area contributed by atoms with Crippen LogP contribution >= 0.6 is 0 Å². The van der Waals surface area contributed by atoms with Crippen LogP contribution in [0, 0.1) is 5.82 Å². The fourth-order valence-corrected chi connectivity index (χ4v) is 1.96. The van der Waals surface area contributed by atoms with Gasteiger partial charge in [0.15, 0.2) is 11.6 Å². The van der Waals surface area contributed by atoms with Crippen molar-refractivity contribution < 1.29 is 19.0 Å². The van der Waals surface area contributed by atoms with Gasteiger partial charge in [-0.2, -0.15) is 0 Å². The van der Waals surface area contributed by atoms with Gasteiger partial charge >= 0.3 is 5.97 Å². The minimum absolute atomic E-state index is 0.135. The molecule has 0 radical (unpaired) electrons. The first-order chi connectivity index (χ1) is 7.61. The number of para-hydroxylation sites is 1. The van der Waals surface area contributed by atoms with Gasteiger partial charge in [0, 0.05) is 11.5 Å². The third kappa shape index (κ3) is 1.74. The Morgan fingerprint density at radius 3 is 3.06 bits per heavy atom. The molecule has 1 aromatic carbocycles. The zero-order valence-electron chi connectivity index (χ0n) is 8.52. The van der Waals surface area contributed by atoms with E-state index in [0.29, 0.717) is 18.6 Å². The van der Waals surface area contributed by atoms with Crippen LogP contribution in [0.2, 0.25) is 0 Å². The second-order valence-electron chi connectivity index (χ2n) is 3.77. The summed E-state index contributed by atoms with van der Waals surface area (Å²) in [6.07, 6.45) is 0.490. The van der Waals surface area contributed by atoms with Gasteiger partial charge in [0.2, 0.25) is 0 Å². The van der Waals surface area contributed by atoms with Crippen LogP contribution in [0.25, 0.3) is 0 Å². The highest BCUT2D eigenvalue weighted by Crippen LogP contribution is 2.36. The van der Waals surface area contributed by atoms with Gasteiger partial charge < -0.3 is 15.6 Å². The zero-order chi connectivity index (χ0) is 11.7. The number of benzene rings is 1. The Hall–Kier alpha value is -1.62. The molecule has 0 fully saturated rings. The maximum Gasteiger partial charge on any atom is 0.321 e. The number of hydrogen-bond donors (Lipinski definition) is 2. The lowest BCUT2D eigenvalue weighted by molar-refractivity contribution is -0.139. The molecular formula is C11H12FNO3. The molecule has 0 amide bonds. The van der Waals surface area contributed by atoms with E-state index in [4.69, 9.17) is 15.6 Å². The van der Waals surface area contributed by atoms with Crippen molar-refractivity contribution in [2.75, 3.05) is 6.61 Å². The molecule has 1 aromatic rings. The Morgan fingerprint density at radius 2 is 2.38 bits per heavy atom. The van der Waals surface area contributed by atoms with Crippen LogP contribution in [0.3, 0.4) is 0 Å². The second kappa shape index (κ2) is 4.09. The number of hydrogen-bond acceptors (Lipinski definition) is 3. The molecule has 0 bridgehead atoms. The minimum Gasteiger partial charge on any atom is -0.490 e. The summed E-state index contributed by atoms with van der Waals surface area (Å²) in [4.78, 5) is 10.8. The number of carbonyl (C=O) groups is 1. The van der Waals surface area contributed by atoms with Crippen molar-refractivity contribution in [1.29, 1.82) is 0 Å². The third-order valence-corrected chi connectivity index (χ3v) is 2.79. The fraction of sp³-hybridized carbons (Fsp3) is 0.364. The molecule has 16 heavy (non-hydrogen) atoms. The van der Waals surface area contributed by atoms with E-state index in [1.54, 1.807) is 6.07 Å². The van der Waals surface area contributed by atoms with Crippen molar-refractivity contribution in [2.45, 2.75) is 18.4 Å². The molecule has 5 heteroatoms. The zero-order valence-corrected chi connectivity index (χ0v) is 8.52. The average Bonchev–Trinajstić information content (AvgIpc) is 2.28. The Kier molecular flexibility index (Phi) is 2.78. The van der Waals surface area contributed by atoms with E-state index in [1.807, 2.05) is 0 Å². The van der Waals surface area contributed by atoms with E-state index in [1.165, 1.54) is 12.1 Å². The highest BCUT2D eigenvalue weighted by atomic mass is 19.1. The van der Waals surface area contributed by atoms with Gasteiger partial charge in [0.25, 0.3) is 0 Å². The van der Waals surface area contributed by atoms with E-state index >= 15 is 0 Å². The maximum absolute atomic E-state index is 13.4. The lowest BCUT2D eigenvalue weighted by Gasteiger charge is -2.28. The summed E-state index contributed by atoms with van der Waals surface area (Å²) in [5.74, 6) is -1.81. The summed E-state index contributed by atoms with van der Waals surface area (Å²) >= 11 is 0. The van der Waals surface area contributed by atoms with E-state index < -0.39 is 23.7 Å². The lowest BCUT2D eigenvalue weighted by Crippen LogP contribution is -2.38. The first kappa shape index (κ1) is 10.9. The van der Waals surface area contributed by atoms with Gasteiger partial charge in [0.05, 0.1) is 6.61 Å². The molecule has 0 saturated carbocycles. The van der Waals surface area contributed by atoms with Crippen molar-refractivity contribution >= 4 is 5.97 Å². The van der Waals surface area contributed by atoms with E-state index in [0.717, 1.165) is 0 Å². The number of nitrogens with two attached hydrogens (primary N) is 1. The van der Waals surface area contributed by atoms with E-state index in [-0.39, 0.29) is 5.75 Å². The number of aliphatic carboxylic acids is 1. The summed E-state index contributed by atoms with van der Waals surface area (Å²) in [6.45, 7) is 0.291. The number of fused-ring (bicyclic) bond motifs is 1. The molecule has 2 unspecified atom stereocenters. The van der Waals surface area contributed by atoms with Crippen LogP contribution in [0.1, 0.15) is 17.9 Å². The summed E-state index contributed by atoms with van der Waals surface area (Å²) in [5, 5.41) is 8.87. The number of carboxylic acid groups (broad SMARTS) is 1. The van der Waals surface area contributed by atoms with Crippen LogP contribution in [0.4, 0.5) is 4.39 Å². The largest absolute Gasteiger partial charge is 0.490 e. The van der Waals surface area contributed by atoms with Crippen LogP contribution in [-0.2, 0) is 4.79 Å². The summed E-state index contributed by atoms with van der Waals surface area (Å²) in [5.41, 5.74) is 6.12. The second-order valence-corrected chi connectivity index (χ2v) is 3.77. The summed E-state index contributed by atoms with van der Waals surface area (Å²) in [7, 11) is 0. The topological polar surface area (TPSA) is 72.6 Å². The Labute approximate surface area is 91.8 Å². The Bertz CT molecular complexity index is 422. The van der Waals surface area contributed by atoms with Crippen molar-refractivity contribution in [2.24, 2.45) is 5.73 Å². The van der Waals surface area contributed by atoms with Crippen molar-refractivity contribution in [3.63, 3.8) is 0 Å². The van der Waals surface area contributed by atoms with Gasteiger partial charge in [-0.1, -0.05) is 12.1 Å². The summed E-state index contributed by atoms with van der Waals surface area (Å²) in [6, 6.07) is 3.45. The van der Waals surface area contributed by atoms with Crippen LogP contribution in [-0.4, -0.2) is 23.7 Å². The fourth-order valence-electron chi connectivity index (χ4n) is 1.96. The predicted octanol–water partition coefficient (Wildman–Crippen LogP) is 1.10. The number of halogens is 1. The van der Waals surface area contributed by atoms with Crippen LogP contribution < -0.4 is 10.5 Å². The van der Waals surface area contributed by atoms with Crippen LogP contribution in [0.15, 0.2) is 18.2 Å². The van der Waals surface area contributed by atoms with Crippen molar-refractivity contribution in [3.8, 4) is 5.75 Å². The highest BCUT2D eigenvalue weighted by Gasteiger charge is 2.32. The maximum atomic E-state index is 13.4. The van der Waals surface area contributed by atoms with Crippen molar-refractivity contribution in [3.05, 3.63) is 29.6 Å². The minimum atomic E-state index is -1.08. The normalized spacial score (nSPS) is 20.8. The molecule has 0 spiro atoms. The predicted molar refractivity (Wildman–Crippen MR) is 54.9 cm³/mol. The van der Waals surface area contributed by atoms with Gasteiger partial charge in [-0.05, 0) is 12.5 Å². The monoisotopic (exact) mass is 225 g/mol. The molecule has 86 valence electrons. The van der Waals surface area contributed by atoms with E-state index in [2.05, 4.69) is 0 Å². The quantitative estimate of drug-likeness (QED) is 0.790. The molecule has 3 N–H and O–H groups in total. The molecule has 1 aliphatic rings. The first-order valence-electron chi connectivity index (χ1n) is 5.01. The molecule has 1 heterocycles. The molecule has 0 aromatic heterocycles. The average molecular weight is 225 g/mol. The standard InChI is InChI=1S/C11H12FNO3/c12-8-3-1-2-7-6(9(13)11(14)15)4-5-16-10(7)8/h1-3,6,9H,4-5,13H2,(H,14,15). The molecule has 4 nitrogen and oxygen atoms in total. The molecule has 1 aliphatic heterocycles. The third-order valence-electron chi connectivity index (χ3n) is 2.79. The molecule has 2 rings (SSSR count). The SMILES string of the molecule is NC(C(=O)O)C1CCOc2c(F)cccc21. The number of carboxylic acids is 1. The van der Waals surface area contributed by atoms with Crippen LogP contribution in [0.5, 0.6) is 5.75 Å². The molecule has 0 aliphatic carbocycles. The molecular weight excluding hydrogens is 213 g/mol. The Balaban J connectivity index is 2.40. The highest BCUT2D eigenvalue weighted by molar-refractivity contribution is 5.75. The van der Waals surface area contributed by atoms with Crippen molar-refractivity contribution in [1.82, 2.24) is 0 Å². The Morgan fingerprint density at radius 1 is 1.62 bits per heavy atom. The number of rotatable bonds is 2. The lowest BCUT2D eigenvalue weighted by atomic mass is 9.87. The van der Waals surface area contributed by atoms with Gasteiger partial charge in [-0.25, -0.2) is 4.39 Å². The first-order valence-corrected chi connectivity index (χ1v) is 5.01. The molecule has 2 atom stereocenters. The van der Waals surface area contributed by atoms with Gasteiger partial charge in [-0.3, -0.25) is 4.79 Å². The van der Waals surface area contributed by atoms with Gasteiger partial charge in [0.1, 0.15) is 6.04 Å². The van der Waals surface area contributed by atoms with Gasteiger partial charge in [-0.15, -0.1) is 0 Å². The van der Waals surface area contributed by atoms with E-state index in [9.17, 15) is 9.18 Å². The number of ether oxygens (including phenoxy) is 1.